The molecule has 1 atom stereocenters. The minimum atomic E-state index is -1.74. The molecule has 1 aliphatic heterocycles. The van der Waals surface area contributed by atoms with Crippen LogP contribution in [0.2, 0.25) is 16.6 Å². The molecule has 1 amide bonds. The van der Waals surface area contributed by atoms with Crippen LogP contribution in [0.4, 0.5) is 0 Å². The first-order valence-corrected chi connectivity index (χ1v) is 10.9. The summed E-state index contributed by atoms with van der Waals surface area (Å²) in [5, 5.41) is 3.07. The Hall–Kier alpha value is -1.53. The fourth-order valence-corrected chi connectivity index (χ4v) is 9.45. The van der Waals surface area contributed by atoms with Crippen LogP contribution in [-0.2, 0) is 6.42 Å². The molecule has 2 rings (SSSR count). The maximum Gasteiger partial charge on any atom is 0.252 e. The van der Waals surface area contributed by atoms with Crippen LogP contribution in [0.1, 0.15) is 57.5 Å². The molecule has 0 spiro atoms. The molecule has 124 valence electrons. The van der Waals surface area contributed by atoms with Gasteiger partial charge >= 0.3 is 0 Å². The molecule has 0 fully saturated rings. The standard InChI is InChI=1S/C20H29NOSi/c1-14(2)23(15(3)4,16(5)6)12-11-18-13-17-9-7-8-10-19(17)20(22)21-18/h7-10,14-16,18H,13H2,1-6H3,(H,21,22)/t18-/m0/s1. The summed E-state index contributed by atoms with van der Waals surface area (Å²) in [6.07, 6.45) is 0.813. The largest absolute Gasteiger partial charge is 0.338 e. The second-order valence-corrected chi connectivity index (χ2v) is 13.1. The topological polar surface area (TPSA) is 29.1 Å². The van der Waals surface area contributed by atoms with E-state index < -0.39 is 8.07 Å². The number of nitrogens with one attached hydrogen (secondary N) is 1. The van der Waals surface area contributed by atoms with Gasteiger partial charge in [0, 0.05) is 12.0 Å². The van der Waals surface area contributed by atoms with Crippen molar-refractivity contribution in [2.45, 2.75) is 70.6 Å². The maximum absolute atomic E-state index is 12.3. The molecule has 1 N–H and O–H groups in total. The molecule has 23 heavy (non-hydrogen) atoms. The number of benzene rings is 1. The van der Waals surface area contributed by atoms with Crippen molar-refractivity contribution in [1.82, 2.24) is 5.32 Å². The average Bonchev–Trinajstić information content (AvgIpc) is 2.46. The van der Waals surface area contributed by atoms with Crippen molar-refractivity contribution in [3.05, 3.63) is 35.4 Å². The van der Waals surface area contributed by atoms with Gasteiger partial charge in [-0.25, -0.2) is 0 Å². The lowest BCUT2D eigenvalue weighted by atomic mass is 9.96. The first-order chi connectivity index (χ1) is 10.8. The van der Waals surface area contributed by atoms with Gasteiger partial charge in [0.15, 0.2) is 0 Å². The Kier molecular flexibility index (Phi) is 5.36. The fraction of sp³-hybridized carbons (Fsp3) is 0.550. The number of carbonyl (C=O) groups is 1. The first kappa shape index (κ1) is 17.8. The van der Waals surface area contributed by atoms with Gasteiger partial charge in [-0.1, -0.05) is 65.7 Å². The van der Waals surface area contributed by atoms with Crippen molar-refractivity contribution in [2.75, 3.05) is 0 Å². The van der Waals surface area contributed by atoms with Gasteiger partial charge in [-0.2, -0.15) is 0 Å². The van der Waals surface area contributed by atoms with E-state index in [0.717, 1.165) is 17.5 Å². The molecule has 0 radical (unpaired) electrons. The highest BCUT2D eigenvalue weighted by Crippen LogP contribution is 2.40. The van der Waals surface area contributed by atoms with Gasteiger partial charge in [0.05, 0.1) is 6.04 Å². The van der Waals surface area contributed by atoms with Crippen LogP contribution >= 0.6 is 0 Å². The normalized spacial score (nSPS) is 17.8. The molecule has 0 saturated carbocycles. The van der Waals surface area contributed by atoms with Crippen LogP contribution in [-0.4, -0.2) is 20.0 Å². The average molecular weight is 328 g/mol. The minimum Gasteiger partial charge on any atom is -0.338 e. The zero-order chi connectivity index (χ0) is 17.2. The van der Waals surface area contributed by atoms with Crippen molar-refractivity contribution < 1.29 is 4.79 Å². The third-order valence-electron chi connectivity index (χ3n) is 5.32. The van der Waals surface area contributed by atoms with E-state index in [1.54, 1.807) is 0 Å². The summed E-state index contributed by atoms with van der Waals surface area (Å²) >= 11 is 0. The predicted octanol–water partition coefficient (Wildman–Crippen LogP) is 4.56. The highest BCUT2D eigenvalue weighted by atomic mass is 28.3. The number of rotatable bonds is 3. The number of hydrogen-bond acceptors (Lipinski definition) is 1. The van der Waals surface area contributed by atoms with E-state index in [4.69, 9.17) is 0 Å². The molecule has 1 heterocycles. The lowest BCUT2D eigenvalue weighted by molar-refractivity contribution is 0.0936. The van der Waals surface area contributed by atoms with E-state index in [1.807, 2.05) is 24.3 Å². The van der Waals surface area contributed by atoms with E-state index in [9.17, 15) is 4.79 Å². The predicted molar refractivity (Wildman–Crippen MR) is 100 cm³/mol. The van der Waals surface area contributed by atoms with E-state index >= 15 is 0 Å². The third-order valence-corrected chi connectivity index (χ3v) is 11.6. The molecule has 1 aromatic carbocycles. The van der Waals surface area contributed by atoms with Crippen molar-refractivity contribution in [1.29, 1.82) is 0 Å². The molecule has 2 nitrogen and oxygen atoms in total. The Morgan fingerprint density at radius 1 is 1.04 bits per heavy atom. The molecule has 0 unspecified atom stereocenters. The molecule has 1 aliphatic rings. The molecular formula is C20H29NOSi. The zero-order valence-electron chi connectivity index (χ0n) is 15.2. The lowest BCUT2D eigenvalue weighted by Gasteiger charge is -2.38. The van der Waals surface area contributed by atoms with Crippen molar-refractivity contribution in [3.63, 3.8) is 0 Å². The zero-order valence-corrected chi connectivity index (χ0v) is 16.2. The van der Waals surface area contributed by atoms with Crippen LogP contribution in [0.5, 0.6) is 0 Å². The maximum atomic E-state index is 12.3. The van der Waals surface area contributed by atoms with Crippen molar-refractivity contribution in [3.8, 4) is 11.5 Å². The second kappa shape index (κ2) is 6.92. The van der Waals surface area contributed by atoms with Crippen LogP contribution in [0.3, 0.4) is 0 Å². The van der Waals surface area contributed by atoms with Crippen LogP contribution < -0.4 is 5.32 Å². The highest BCUT2D eigenvalue weighted by Gasteiger charge is 2.41. The molecule has 0 saturated heterocycles. The smallest absolute Gasteiger partial charge is 0.252 e. The first-order valence-electron chi connectivity index (χ1n) is 8.70. The quantitative estimate of drug-likeness (QED) is 0.640. The van der Waals surface area contributed by atoms with E-state index in [-0.39, 0.29) is 11.9 Å². The Morgan fingerprint density at radius 2 is 1.61 bits per heavy atom. The summed E-state index contributed by atoms with van der Waals surface area (Å²) in [6, 6.07) is 7.79. The van der Waals surface area contributed by atoms with Crippen molar-refractivity contribution in [2.24, 2.45) is 0 Å². The van der Waals surface area contributed by atoms with Gasteiger partial charge in [-0.3, -0.25) is 4.79 Å². The Bertz CT molecular complexity index is 615. The summed E-state index contributed by atoms with van der Waals surface area (Å²) < 4.78 is 0. The number of hydrogen-bond donors (Lipinski definition) is 1. The van der Waals surface area contributed by atoms with Gasteiger partial charge in [0.2, 0.25) is 0 Å². The van der Waals surface area contributed by atoms with Crippen LogP contribution in [0, 0.1) is 11.5 Å². The number of carbonyl (C=O) groups excluding carboxylic acids is 1. The van der Waals surface area contributed by atoms with Gasteiger partial charge < -0.3 is 5.32 Å². The van der Waals surface area contributed by atoms with Crippen LogP contribution in [0.15, 0.2) is 24.3 Å². The number of fused-ring (bicyclic) bond motifs is 1. The molecule has 3 heteroatoms. The van der Waals surface area contributed by atoms with Gasteiger partial charge in [-0.15, -0.1) is 5.54 Å². The molecule has 0 bridgehead atoms. The van der Waals surface area contributed by atoms with E-state index in [1.165, 1.54) is 0 Å². The van der Waals surface area contributed by atoms with Gasteiger partial charge in [-0.05, 0) is 28.3 Å². The second-order valence-electron chi connectivity index (χ2n) is 7.55. The third kappa shape index (κ3) is 3.38. The molecule has 0 aromatic heterocycles. The van der Waals surface area contributed by atoms with E-state index in [0.29, 0.717) is 16.6 Å². The Labute approximate surface area is 142 Å². The summed E-state index contributed by atoms with van der Waals surface area (Å²) in [4.78, 5) is 12.3. The van der Waals surface area contributed by atoms with Gasteiger partial charge in [0.1, 0.15) is 8.07 Å². The summed E-state index contributed by atoms with van der Waals surface area (Å²) in [7, 11) is -1.74. The molecular weight excluding hydrogens is 298 g/mol. The minimum absolute atomic E-state index is 0.0112. The summed E-state index contributed by atoms with van der Waals surface area (Å²) in [6.45, 7) is 13.9. The van der Waals surface area contributed by atoms with E-state index in [2.05, 4.69) is 58.3 Å². The highest BCUT2D eigenvalue weighted by molar-refractivity contribution is 6.90. The Balaban J connectivity index is 2.32. The number of amides is 1. The van der Waals surface area contributed by atoms with Crippen molar-refractivity contribution >= 4 is 14.0 Å². The fourth-order valence-electron chi connectivity index (χ4n) is 4.16. The summed E-state index contributed by atoms with van der Waals surface area (Å²) in [5.74, 6) is 3.47. The summed E-state index contributed by atoms with van der Waals surface area (Å²) in [5.41, 5.74) is 7.47. The molecule has 0 aliphatic carbocycles. The molecule has 1 aromatic rings. The van der Waals surface area contributed by atoms with Crippen LogP contribution in [0.25, 0.3) is 0 Å². The lowest BCUT2D eigenvalue weighted by Crippen LogP contribution is -2.45. The SMILES string of the molecule is CC(C)[Si](C#C[C@H]1Cc2ccccc2C(=O)N1)(C(C)C)C(C)C. The van der Waals surface area contributed by atoms with Gasteiger partial charge in [0.25, 0.3) is 5.91 Å². The monoisotopic (exact) mass is 327 g/mol. The Morgan fingerprint density at radius 3 is 2.17 bits per heavy atom.